The van der Waals surface area contributed by atoms with Crippen molar-refractivity contribution in [1.29, 1.82) is 0 Å². The Labute approximate surface area is 128 Å². The molecule has 2 aromatic rings. The third-order valence-electron chi connectivity index (χ3n) is 3.85. The first-order chi connectivity index (χ1) is 10.7. The minimum atomic E-state index is -0.348. The Hall–Kier alpha value is -2.63. The fourth-order valence-electron chi connectivity index (χ4n) is 2.70. The molecule has 0 amide bonds. The molecular formula is C16H18N4O2. The number of hydrogen-bond acceptors (Lipinski definition) is 5. The zero-order valence-electron chi connectivity index (χ0n) is 12.2. The van der Waals surface area contributed by atoms with Crippen LogP contribution >= 0.6 is 0 Å². The predicted molar refractivity (Wildman–Crippen MR) is 86.1 cm³/mol. The Bertz CT molecular complexity index is 654. The minimum absolute atomic E-state index is 0.104. The highest BCUT2D eigenvalue weighted by Gasteiger charge is 2.18. The Balaban J connectivity index is 1.82. The average Bonchev–Trinajstić information content (AvgIpc) is 3.08. The van der Waals surface area contributed by atoms with E-state index in [1.165, 1.54) is 12.8 Å². The van der Waals surface area contributed by atoms with Gasteiger partial charge in [0, 0.05) is 43.8 Å². The lowest BCUT2D eigenvalue weighted by atomic mass is 10.2. The summed E-state index contributed by atoms with van der Waals surface area (Å²) in [4.78, 5) is 17.2. The standard InChI is InChI=1S/C16H18N4O2/c21-20(22)16-6-5-14(19-8-1-2-9-19)10-15(16)18-12-13-4-3-7-17-11-13/h3-7,10-11,18H,1-2,8-9,12H2. The van der Waals surface area contributed by atoms with Gasteiger partial charge in [-0.15, -0.1) is 0 Å². The lowest BCUT2D eigenvalue weighted by Crippen LogP contribution is -2.17. The Morgan fingerprint density at radius 2 is 2.09 bits per heavy atom. The first kappa shape index (κ1) is 14.3. The van der Waals surface area contributed by atoms with E-state index in [1.54, 1.807) is 18.5 Å². The van der Waals surface area contributed by atoms with E-state index in [0.29, 0.717) is 12.2 Å². The smallest absolute Gasteiger partial charge is 0.292 e. The van der Waals surface area contributed by atoms with Crippen LogP contribution in [0.25, 0.3) is 0 Å². The second-order valence-corrected chi connectivity index (χ2v) is 5.37. The lowest BCUT2D eigenvalue weighted by Gasteiger charge is -2.18. The largest absolute Gasteiger partial charge is 0.375 e. The van der Waals surface area contributed by atoms with E-state index in [-0.39, 0.29) is 10.6 Å². The van der Waals surface area contributed by atoms with Crippen molar-refractivity contribution in [2.45, 2.75) is 19.4 Å². The molecule has 0 unspecified atom stereocenters. The molecule has 0 bridgehead atoms. The maximum Gasteiger partial charge on any atom is 0.292 e. The quantitative estimate of drug-likeness (QED) is 0.678. The number of nitro benzene ring substituents is 1. The van der Waals surface area contributed by atoms with Gasteiger partial charge in [-0.2, -0.15) is 0 Å². The summed E-state index contributed by atoms with van der Waals surface area (Å²) in [5.74, 6) is 0. The van der Waals surface area contributed by atoms with Crippen LogP contribution in [0.3, 0.4) is 0 Å². The summed E-state index contributed by atoms with van der Waals surface area (Å²) in [5.41, 5.74) is 2.69. The number of pyridine rings is 1. The summed E-state index contributed by atoms with van der Waals surface area (Å²) in [6.07, 6.45) is 5.81. The topological polar surface area (TPSA) is 71.3 Å². The van der Waals surface area contributed by atoms with Crippen LogP contribution in [-0.4, -0.2) is 23.0 Å². The molecule has 22 heavy (non-hydrogen) atoms. The molecule has 1 N–H and O–H groups in total. The third-order valence-corrected chi connectivity index (χ3v) is 3.85. The molecule has 1 aliphatic rings. The van der Waals surface area contributed by atoms with E-state index in [4.69, 9.17) is 0 Å². The molecule has 1 aromatic heterocycles. The number of hydrogen-bond donors (Lipinski definition) is 1. The molecule has 6 nitrogen and oxygen atoms in total. The van der Waals surface area contributed by atoms with Crippen molar-refractivity contribution < 1.29 is 4.92 Å². The second-order valence-electron chi connectivity index (χ2n) is 5.37. The molecule has 0 atom stereocenters. The van der Waals surface area contributed by atoms with Crippen LogP contribution in [0.2, 0.25) is 0 Å². The Kier molecular flexibility index (Phi) is 4.18. The first-order valence-corrected chi connectivity index (χ1v) is 7.40. The molecular weight excluding hydrogens is 280 g/mol. The number of anilines is 2. The molecule has 0 radical (unpaired) electrons. The molecule has 6 heteroatoms. The summed E-state index contributed by atoms with van der Waals surface area (Å²) in [6, 6.07) is 9.08. The van der Waals surface area contributed by atoms with Crippen molar-refractivity contribution in [3.8, 4) is 0 Å². The summed E-state index contributed by atoms with van der Waals surface area (Å²) < 4.78 is 0. The molecule has 0 spiro atoms. The molecule has 1 aromatic carbocycles. The van der Waals surface area contributed by atoms with Gasteiger partial charge in [-0.3, -0.25) is 15.1 Å². The highest BCUT2D eigenvalue weighted by Crippen LogP contribution is 2.31. The Morgan fingerprint density at radius 3 is 2.77 bits per heavy atom. The van der Waals surface area contributed by atoms with Crippen LogP contribution in [0.15, 0.2) is 42.7 Å². The Morgan fingerprint density at radius 1 is 1.27 bits per heavy atom. The fourth-order valence-corrected chi connectivity index (χ4v) is 2.70. The second kappa shape index (κ2) is 6.43. The van der Waals surface area contributed by atoms with Crippen molar-refractivity contribution >= 4 is 17.1 Å². The summed E-state index contributed by atoms with van der Waals surface area (Å²) in [7, 11) is 0. The van der Waals surface area contributed by atoms with E-state index in [1.807, 2.05) is 24.3 Å². The van der Waals surface area contributed by atoms with Crippen molar-refractivity contribution in [1.82, 2.24) is 4.98 Å². The summed E-state index contributed by atoms with van der Waals surface area (Å²) in [6.45, 7) is 2.54. The number of benzene rings is 1. The molecule has 0 aliphatic carbocycles. The normalized spacial score (nSPS) is 14.1. The van der Waals surface area contributed by atoms with Gasteiger partial charge in [-0.1, -0.05) is 6.07 Å². The number of nitro groups is 1. The highest BCUT2D eigenvalue weighted by atomic mass is 16.6. The van der Waals surface area contributed by atoms with Crippen molar-refractivity contribution in [3.05, 3.63) is 58.4 Å². The van der Waals surface area contributed by atoms with Crippen LogP contribution in [0.1, 0.15) is 18.4 Å². The molecule has 1 saturated heterocycles. The SMILES string of the molecule is O=[N+]([O-])c1ccc(N2CCCC2)cc1NCc1cccnc1. The summed E-state index contributed by atoms with van der Waals surface area (Å²) in [5, 5.41) is 14.4. The zero-order valence-corrected chi connectivity index (χ0v) is 12.2. The number of nitrogens with zero attached hydrogens (tertiary/aromatic N) is 3. The van der Waals surface area contributed by atoms with Crippen molar-refractivity contribution in [3.63, 3.8) is 0 Å². The van der Waals surface area contributed by atoms with Crippen LogP contribution in [0.5, 0.6) is 0 Å². The molecule has 3 rings (SSSR count). The monoisotopic (exact) mass is 298 g/mol. The van der Waals surface area contributed by atoms with Gasteiger partial charge >= 0.3 is 0 Å². The molecule has 1 aliphatic heterocycles. The van der Waals surface area contributed by atoms with Crippen LogP contribution in [0, 0.1) is 10.1 Å². The molecule has 1 fully saturated rings. The van der Waals surface area contributed by atoms with Crippen LogP contribution in [-0.2, 0) is 6.54 Å². The van der Waals surface area contributed by atoms with Gasteiger partial charge < -0.3 is 10.2 Å². The highest BCUT2D eigenvalue weighted by molar-refractivity contribution is 5.69. The minimum Gasteiger partial charge on any atom is -0.375 e. The molecule has 0 saturated carbocycles. The van der Waals surface area contributed by atoms with E-state index >= 15 is 0 Å². The van der Waals surface area contributed by atoms with E-state index in [9.17, 15) is 10.1 Å². The fraction of sp³-hybridized carbons (Fsp3) is 0.312. The van der Waals surface area contributed by atoms with Gasteiger partial charge in [0.25, 0.3) is 5.69 Å². The van der Waals surface area contributed by atoms with Gasteiger partial charge in [0.2, 0.25) is 0 Å². The van der Waals surface area contributed by atoms with Crippen molar-refractivity contribution in [2.24, 2.45) is 0 Å². The molecule has 114 valence electrons. The van der Waals surface area contributed by atoms with E-state index in [0.717, 1.165) is 24.3 Å². The number of rotatable bonds is 5. The predicted octanol–water partition coefficient (Wildman–Crippen LogP) is 3.20. The first-order valence-electron chi connectivity index (χ1n) is 7.40. The lowest BCUT2D eigenvalue weighted by molar-refractivity contribution is -0.384. The summed E-state index contributed by atoms with van der Waals surface area (Å²) >= 11 is 0. The van der Waals surface area contributed by atoms with Crippen molar-refractivity contribution in [2.75, 3.05) is 23.3 Å². The van der Waals surface area contributed by atoms with Gasteiger partial charge in [0.15, 0.2) is 0 Å². The number of nitrogens with one attached hydrogen (secondary N) is 1. The van der Waals surface area contributed by atoms with Gasteiger partial charge in [-0.05, 0) is 36.6 Å². The van der Waals surface area contributed by atoms with Crippen LogP contribution < -0.4 is 10.2 Å². The zero-order chi connectivity index (χ0) is 15.4. The van der Waals surface area contributed by atoms with Crippen LogP contribution in [0.4, 0.5) is 17.1 Å². The third kappa shape index (κ3) is 3.16. The van der Waals surface area contributed by atoms with E-state index in [2.05, 4.69) is 15.2 Å². The van der Waals surface area contributed by atoms with Gasteiger partial charge in [0.05, 0.1) is 4.92 Å². The van der Waals surface area contributed by atoms with Gasteiger partial charge in [-0.25, -0.2) is 0 Å². The molecule has 2 heterocycles. The van der Waals surface area contributed by atoms with Gasteiger partial charge in [0.1, 0.15) is 5.69 Å². The maximum atomic E-state index is 11.2. The maximum absolute atomic E-state index is 11.2. The average molecular weight is 298 g/mol. The number of aromatic nitrogens is 1. The van der Waals surface area contributed by atoms with E-state index < -0.39 is 0 Å².